The molecule has 0 bridgehead atoms. The van der Waals surface area contributed by atoms with Gasteiger partial charge in [0.05, 0.1) is 6.04 Å². The first-order valence-corrected chi connectivity index (χ1v) is 9.57. The van der Waals surface area contributed by atoms with Gasteiger partial charge in [0.2, 0.25) is 5.91 Å². The number of carbonyl (C=O) groups excluding carboxylic acids is 1. The molecule has 1 rings (SSSR count). The van der Waals surface area contributed by atoms with E-state index in [1.165, 1.54) is 0 Å². The highest BCUT2D eigenvalue weighted by Crippen LogP contribution is 2.22. The maximum atomic E-state index is 11.9. The maximum absolute atomic E-state index is 11.9. The van der Waals surface area contributed by atoms with Gasteiger partial charge in [0.25, 0.3) is 0 Å². The number of hydrogen-bond acceptors (Lipinski definition) is 4. The van der Waals surface area contributed by atoms with E-state index in [2.05, 4.69) is 5.32 Å². The topological polar surface area (TPSA) is 72.2 Å². The maximum Gasteiger partial charge on any atom is 0.241 e. The van der Waals surface area contributed by atoms with Crippen molar-refractivity contribution in [1.82, 2.24) is 0 Å². The number of thioether (sulfide) groups is 1. The van der Waals surface area contributed by atoms with Crippen LogP contribution in [0.1, 0.15) is 12.0 Å². The van der Waals surface area contributed by atoms with Crippen LogP contribution < -0.4 is 11.1 Å². The van der Waals surface area contributed by atoms with Crippen molar-refractivity contribution in [2.24, 2.45) is 5.73 Å². The summed E-state index contributed by atoms with van der Waals surface area (Å²) >= 11 is 7.69. The molecule has 1 aromatic rings. The van der Waals surface area contributed by atoms with Gasteiger partial charge in [-0.25, -0.2) is 0 Å². The monoisotopic (exact) mass is 334 g/mol. The van der Waals surface area contributed by atoms with Gasteiger partial charge in [0.15, 0.2) is 0 Å². The van der Waals surface area contributed by atoms with E-state index in [-0.39, 0.29) is 5.91 Å². The van der Waals surface area contributed by atoms with Crippen LogP contribution in [0.15, 0.2) is 18.2 Å². The van der Waals surface area contributed by atoms with Gasteiger partial charge in [-0.2, -0.15) is 11.8 Å². The van der Waals surface area contributed by atoms with Crippen LogP contribution in [-0.2, 0) is 21.3 Å². The summed E-state index contributed by atoms with van der Waals surface area (Å²) in [4.78, 5) is 11.9. The molecule has 0 aliphatic carbocycles. The zero-order chi connectivity index (χ0) is 15.1. The molecule has 1 aromatic carbocycles. The first-order valence-electron chi connectivity index (χ1n) is 6.08. The summed E-state index contributed by atoms with van der Waals surface area (Å²) in [5, 5.41) is 3.31. The predicted molar refractivity (Wildman–Crippen MR) is 88.8 cm³/mol. The number of anilines is 1. The Morgan fingerprint density at radius 2 is 2.25 bits per heavy atom. The van der Waals surface area contributed by atoms with Crippen molar-refractivity contribution in [1.29, 1.82) is 0 Å². The van der Waals surface area contributed by atoms with E-state index in [1.807, 2.05) is 6.26 Å². The third-order valence-electron chi connectivity index (χ3n) is 2.64. The van der Waals surface area contributed by atoms with Gasteiger partial charge < -0.3 is 11.1 Å². The highest BCUT2D eigenvalue weighted by atomic mass is 35.5. The van der Waals surface area contributed by atoms with Gasteiger partial charge in [0.1, 0.15) is 0 Å². The molecule has 3 N–H and O–H groups in total. The molecule has 0 radical (unpaired) electrons. The van der Waals surface area contributed by atoms with Gasteiger partial charge >= 0.3 is 0 Å². The Balaban J connectivity index is 2.72. The molecule has 1 amide bonds. The van der Waals surface area contributed by atoms with E-state index >= 15 is 0 Å². The molecule has 0 fully saturated rings. The molecule has 0 aliphatic heterocycles. The summed E-state index contributed by atoms with van der Waals surface area (Å²) < 4.78 is 11.3. The predicted octanol–water partition coefficient (Wildman–Crippen LogP) is 2.24. The van der Waals surface area contributed by atoms with Gasteiger partial charge in [-0.05, 0) is 42.2 Å². The van der Waals surface area contributed by atoms with Crippen LogP contribution in [0.25, 0.3) is 0 Å². The number of benzene rings is 1. The molecule has 4 nitrogen and oxygen atoms in total. The van der Waals surface area contributed by atoms with Crippen molar-refractivity contribution in [3.05, 3.63) is 28.8 Å². The molecule has 0 aromatic heterocycles. The fourth-order valence-electron chi connectivity index (χ4n) is 1.59. The fourth-order valence-corrected chi connectivity index (χ4v) is 3.02. The number of amides is 1. The molecular formula is C13H19ClN2O2S2. The molecule has 0 heterocycles. The second-order valence-electron chi connectivity index (χ2n) is 4.40. The van der Waals surface area contributed by atoms with E-state index in [9.17, 15) is 9.00 Å². The Labute approximate surface area is 131 Å². The SMILES string of the molecule is CSCC[C@H](N)C(=O)Nc1ccc(Cl)c(CS(C)=O)c1. The third-order valence-corrected chi connectivity index (χ3v) is 4.37. The fraction of sp³-hybridized carbons (Fsp3) is 0.462. The number of hydrogen-bond donors (Lipinski definition) is 2. The van der Waals surface area contributed by atoms with E-state index in [1.54, 1.807) is 36.2 Å². The number of rotatable bonds is 7. The summed E-state index contributed by atoms with van der Waals surface area (Å²) in [7, 11) is -0.985. The summed E-state index contributed by atoms with van der Waals surface area (Å²) in [5.74, 6) is 0.987. The summed E-state index contributed by atoms with van der Waals surface area (Å²) in [6.07, 6.45) is 4.22. The lowest BCUT2D eigenvalue weighted by molar-refractivity contribution is -0.117. The molecule has 20 heavy (non-hydrogen) atoms. The number of nitrogens with two attached hydrogens (primary N) is 1. The second-order valence-corrected chi connectivity index (χ2v) is 7.23. The first-order chi connectivity index (χ1) is 9.43. The van der Waals surface area contributed by atoms with Gasteiger partial charge in [-0.15, -0.1) is 0 Å². The Bertz CT molecular complexity index is 497. The van der Waals surface area contributed by atoms with Crippen LogP contribution in [0.2, 0.25) is 5.02 Å². The third kappa shape index (κ3) is 5.83. The lowest BCUT2D eigenvalue weighted by atomic mass is 10.2. The van der Waals surface area contributed by atoms with Crippen LogP contribution in [0, 0.1) is 0 Å². The standard InChI is InChI=1S/C13H19ClN2O2S2/c1-19-6-5-12(15)13(17)16-10-3-4-11(14)9(7-10)8-20(2)18/h3-4,7,12H,5-6,8,15H2,1-2H3,(H,16,17)/t12-,20?/m0/s1. The molecule has 0 saturated heterocycles. The van der Waals surface area contributed by atoms with Crippen molar-refractivity contribution >= 4 is 45.8 Å². The molecule has 0 spiro atoms. The largest absolute Gasteiger partial charge is 0.325 e. The Morgan fingerprint density at radius 3 is 2.85 bits per heavy atom. The number of carbonyl (C=O) groups is 1. The molecule has 0 aliphatic rings. The average Bonchev–Trinajstić information content (AvgIpc) is 2.39. The average molecular weight is 335 g/mol. The summed E-state index contributed by atoms with van der Waals surface area (Å²) in [6.45, 7) is 0. The summed E-state index contributed by atoms with van der Waals surface area (Å²) in [5.41, 5.74) is 7.18. The van der Waals surface area contributed by atoms with Crippen molar-refractivity contribution < 1.29 is 9.00 Å². The highest BCUT2D eigenvalue weighted by Gasteiger charge is 2.13. The molecule has 0 saturated carbocycles. The van der Waals surface area contributed by atoms with E-state index in [0.717, 1.165) is 11.3 Å². The second kappa shape index (κ2) is 8.67. The molecule has 1 unspecified atom stereocenters. The van der Waals surface area contributed by atoms with E-state index in [4.69, 9.17) is 17.3 Å². The number of nitrogens with one attached hydrogen (secondary N) is 1. The van der Waals surface area contributed by atoms with Crippen molar-refractivity contribution in [2.45, 2.75) is 18.2 Å². The normalized spacial score (nSPS) is 13.8. The summed E-state index contributed by atoms with van der Waals surface area (Å²) in [6, 6.07) is 4.61. The zero-order valence-electron chi connectivity index (χ0n) is 11.5. The Kier molecular flexibility index (Phi) is 7.58. The van der Waals surface area contributed by atoms with Gasteiger partial charge in [0, 0.05) is 33.5 Å². The quantitative estimate of drug-likeness (QED) is 0.802. The van der Waals surface area contributed by atoms with Crippen molar-refractivity contribution in [3.8, 4) is 0 Å². The van der Waals surface area contributed by atoms with Crippen molar-refractivity contribution in [2.75, 3.05) is 23.6 Å². The van der Waals surface area contributed by atoms with Gasteiger partial charge in [-0.1, -0.05) is 11.6 Å². The first kappa shape index (κ1) is 17.5. The van der Waals surface area contributed by atoms with Crippen LogP contribution >= 0.6 is 23.4 Å². The zero-order valence-corrected chi connectivity index (χ0v) is 13.9. The minimum atomic E-state index is -0.985. The van der Waals surface area contributed by atoms with Crippen LogP contribution in [0.3, 0.4) is 0 Å². The van der Waals surface area contributed by atoms with Crippen molar-refractivity contribution in [3.63, 3.8) is 0 Å². The van der Waals surface area contributed by atoms with Crippen LogP contribution in [0.5, 0.6) is 0 Å². The van der Waals surface area contributed by atoms with E-state index in [0.29, 0.717) is 22.9 Å². The molecular weight excluding hydrogens is 316 g/mol. The molecule has 7 heteroatoms. The smallest absolute Gasteiger partial charge is 0.241 e. The Hall–Kier alpha value is -0.560. The van der Waals surface area contributed by atoms with Crippen LogP contribution in [0.4, 0.5) is 5.69 Å². The lowest BCUT2D eigenvalue weighted by Gasteiger charge is -2.13. The Morgan fingerprint density at radius 1 is 1.55 bits per heavy atom. The minimum Gasteiger partial charge on any atom is -0.325 e. The molecule has 2 atom stereocenters. The lowest BCUT2D eigenvalue weighted by Crippen LogP contribution is -2.36. The molecule has 112 valence electrons. The number of halogens is 1. The van der Waals surface area contributed by atoms with E-state index < -0.39 is 16.8 Å². The minimum absolute atomic E-state index is 0.218. The van der Waals surface area contributed by atoms with Gasteiger partial charge in [-0.3, -0.25) is 9.00 Å². The van der Waals surface area contributed by atoms with Crippen LogP contribution in [-0.4, -0.2) is 34.4 Å². The highest BCUT2D eigenvalue weighted by molar-refractivity contribution is 7.98.